The lowest BCUT2D eigenvalue weighted by atomic mass is 9.99. The van der Waals surface area contributed by atoms with Gasteiger partial charge in [-0.3, -0.25) is 9.59 Å². The molecule has 0 bridgehead atoms. The molecule has 10 heteroatoms. The van der Waals surface area contributed by atoms with Crippen molar-refractivity contribution in [2.45, 2.75) is 42.8 Å². The predicted octanol–water partition coefficient (Wildman–Crippen LogP) is 1.06. The summed E-state index contributed by atoms with van der Waals surface area (Å²) in [5, 5.41) is 17.0. The number of carbonyl (C=O) groups is 2. The Labute approximate surface area is 211 Å². The first-order chi connectivity index (χ1) is 17.0. The van der Waals surface area contributed by atoms with Crippen LogP contribution in [0.15, 0.2) is 77.7 Å². The first kappa shape index (κ1) is 27.3. The fourth-order valence-electron chi connectivity index (χ4n) is 3.62. The maximum absolute atomic E-state index is 13.2. The molecule has 0 fully saturated rings. The van der Waals surface area contributed by atoms with Crippen LogP contribution in [0.3, 0.4) is 0 Å². The van der Waals surface area contributed by atoms with Crippen LogP contribution >= 0.6 is 0 Å². The van der Waals surface area contributed by atoms with Crippen LogP contribution in [0.4, 0.5) is 0 Å². The monoisotopic (exact) mass is 512 g/mol. The minimum atomic E-state index is -3.99. The van der Waals surface area contributed by atoms with Crippen LogP contribution in [0, 0.1) is 0 Å². The van der Waals surface area contributed by atoms with Crippen LogP contribution in [-0.2, 0) is 26.0 Å². The maximum atomic E-state index is 13.2. The van der Waals surface area contributed by atoms with Gasteiger partial charge in [0.1, 0.15) is 11.6 Å². The van der Waals surface area contributed by atoms with Crippen LogP contribution < -0.4 is 21.1 Å². The van der Waals surface area contributed by atoms with Crippen molar-refractivity contribution in [3.63, 3.8) is 0 Å². The number of fused-ring (bicyclic) bond motifs is 1. The summed E-state index contributed by atoms with van der Waals surface area (Å²) in [7, 11) is -3.99. The molecule has 0 radical (unpaired) electrons. The highest BCUT2D eigenvalue weighted by Crippen LogP contribution is 2.18. The fraction of sp³-hybridized carbons (Fsp3) is 0.308. The zero-order valence-electron chi connectivity index (χ0n) is 20.3. The number of benzene rings is 3. The van der Waals surface area contributed by atoms with Crippen molar-refractivity contribution in [3.05, 3.63) is 78.4 Å². The van der Waals surface area contributed by atoms with E-state index in [2.05, 4.69) is 15.4 Å². The molecule has 0 spiro atoms. The number of rotatable bonds is 11. The van der Waals surface area contributed by atoms with Crippen LogP contribution in [0.1, 0.15) is 19.4 Å². The molecule has 3 rings (SSSR count). The van der Waals surface area contributed by atoms with Gasteiger partial charge in [-0.25, -0.2) is 8.42 Å². The number of nitrogens with two attached hydrogens (primary N) is 1. The van der Waals surface area contributed by atoms with Gasteiger partial charge in [0, 0.05) is 19.5 Å². The summed E-state index contributed by atoms with van der Waals surface area (Å²) in [5.41, 5.74) is 4.66. The standard InChI is InChI=1S/C26H32N4O5S/c1-26(2,30-36(34,35)22-10-4-3-5-11-22)25(33)29-23(24(32)28-17-21(31)16-27)15-18-12-13-19-8-6-7-9-20(19)14-18/h3-14,21,23,30-31H,15-17,27H2,1-2H3,(H,28,32)(H,29,33)/t21-,23?/m1/s1. The van der Waals surface area contributed by atoms with Gasteiger partial charge in [0.15, 0.2) is 0 Å². The lowest BCUT2D eigenvalue weighted by Crippen LogP contribution is -2.59. The molecule has 0 aliphatic heterocycles. The summed E-state index contributed by atoms with van der Waals surface area (Å²) in [5.74, 6) is -1.20. The largest absolute Gasteiger partial charge is 0.390 e. The van der Waals surface area contributed by atoms with Gasteiger partial charge < -0.3 is 21.5 Å². The Kier molecular flexibility index (Phi) is 8.80. The van der Waals surface area contributed by atoms with Gasteiger partial charge in [0.05, 0.1) is 11.0 Å². The predicted molar refractivity (Wildman–Crippen MR) is 138 cm³/mol. The van der Waals surface area contributed by atoms with Crippen LogP contribution in [-0.4, -0.2) is 56.1 Å². The normalized spacial score (nSPS) is 13.7. The van der Waals surface area contributed by atoms with E-state index in [1.165, 1.54) is 26.0 Å². The Bertz CT molecular complexity index is 1310. The van der Waals surface area contributed by atoms with Crippen molar-refractivity contribution >= 4 is 32.6 Å². The Morgan fingerprint density at radius 1 is 0.972 bits per heavy atom. The highest BCUT2D eigenvalue weighted by Gasteiger charge is 2.35. The van der Waals surface area contributed by atoms with Crippen molar-refractivity contribution < 1.29 is 23.1 Å². The van der Waals surface area contributed by atoms with E-state index in [-0.39, 0.29) is 24.4 Å². The molecular formula is C26H32N4O5S. The Balaban J connectivity index is 1.80. The number of aliphatic hydroxyl groups is 1. The molecule has 0 aliphatic carbocycles. The molecule has 3 aromatic rings. The quantitative estimate of drug-likeness (QED) is 0.259. The van der Waals surface area contributed by atoms with Gasteiger partial charge >= 0.3 is 0 Å². The second-order valence-corrected chi connectivity index (χ2v) is 10.8. The van der Waals surface area contributed by atoms with Gasteiger partial charge in [-0.15, -0.1) is 0 Å². The second kappa shape index (κ2) is 11.6. The average Bonchev–Trinajstić information content (AvgIpc) is 2.86. The lowest BCUT2D eigenvalue weighted by molar-refractivity contribution is -0.131. The zero-order valence-corrected chi connectivity index (χ0v) is 21.1. The Morgan fingerprint density at radius 2 is 1.61 bits per heavy atom. The topological polar surface area (TPSA) is 151 Å². The van der Waals surface area contributed by atoms with Crippen molar-refractivity contribution in [1.29, 1.82) is 0 Å². The molecule has 6 N–H and O–H groups in total. The number of nitrogens with one attached hydrogen (secondary N) is 3. The highest BCUT2D eigenvalue weighted by atomic mass is 32.2. The van der Waals surface area contributed by atoms with Crippen molar-refractivity contribution in [2.24, 2.45) is 5.73 Å². The van der Waals surface area contributed by atoms with Gasteiger partial charge in [-0.05, 0) is 42.3 Å². The minimum absolute atomic E-state index is 0.0205. The van der Waals surface area contributed by atoms with E-state index in [9.17, 15) is 23.1 Å². The van der Waals surface area contributed by atoms with Gasteiger partial charge in [-0.1, -0.05) is 60.7 Å². The van der Waals surface area contributed by atoms with Crippen LogP contribution in [0.25, 0.3) is 10.8 Å². The summed E-state index contributed by atoms with van der Waals surface area (Å²) in [4.78, 5) is 26.2. The van der Waals surface area contributed by atoms with E-state index >= 15 is 0 Å². The summed E-state index contributed by atoms with van der Waals surface area (Å²) in [6.07, 6.45) is -0.775. The third kappa shape index (κ3) is 7.11. The molecule has 36 heavy (non-hydrogen) atoms. The molecule has 0 saturated carbocycles. The molecule has 2 amide bonds. The molecule has 0 aromatic heterocycles. The molecule has 0 heterocycles. The number of amides is 2. The second-order valence-electron chi connectivity index (χ2n) is 9.09. The summed E-state index contributed by atoms with van der Waals surface area (Å²) in [6.45, 7) is 2.73. The van der Waals surface area contributed by atoms with Gasteiger partial charge in [0.2, 0.25) is 21.8 Å². The minimum Gasteiger partial charge on any atom is -0.390 e. The molecular weight excluding hydrogens is 480 g/mol. The summed E-state index contributed by atoms with van der Waals surface area (Å²) in [6, 6.07) is 20.2. The van der Waals surface area contributed by atoms with E-state index in [1.54, 1.807) is 18.2 Å². The van der Waals surface area contributed by atoms with E-state index in [4.69, 9.17) is 5.73 Å². The molecule has 9 nitrogen and oxygen atoms in total. The van der Waals surface area contributed by atoms with Crippen LogP contribution in [0.2, 0.25) is 0 Å². The molecule has 3 aromatic carbocycles. The summed E-state index contributed by atoms with van der Waals surface area (Å²) >= 11 is 0. The smallest absolute Gasteiger partial charge is 0.243 e. The van der Waals surface area contributed by atoms with E-state index < -0.39 is 39.5 Å². The number of sulfonamides is 1. The number of carbonyl (C=O) groups excluding carboxylic acids is 2. The number of hydrogen-bond donors (Lipinski definition) is 5. The van der Waals surface area contributed by atoms with E-state index in [1.807, 2.05) is 42.5 Å². The van der Waals surface area contributed by atoms with Gasteiger partial charge in [0.25, 0.3) is 0 Å². The number of aliphatic hydroxyl groups excluding tert-OH is 1. The Morgan fingerprint density at radius 3 is 2.28 bits per heavy atom. The van der Waals surface area contributed by atoms with Crippen molar-refractivity contribution in [3.8, 4) is 0 Å². The molecule has 192 valence electrons. The average molecular weight is 513 g/mol. The first-order valence-corrected chi connectivity index (χ1v) is 13.0. The van der Waals surface area contributed by atoms with Crippen molar-refractivity contribution in [1.82, 2.24) is 15.4 Å². The highest BCUT2D eigenvalue weighted by molar-refractivity contribution is 7.89. The summed E-state index contributed by atoms with van der Waals surface area (Å²) < 4.78 is 28.0. The molecule has 0 aliphatic rings. The third-order valence-electron chi connectivity index (χ3n) is 5.67. The van der Waals surface area contributed by atoms with Gasteiger partial charge in [-0.2, -0.15) is 4.72 Å². The lowest BCUT2D eigenvalue weighted by Gasteiger charge is -2.28. The van der Waals surface area contributed by atoms with Crippen molar-refractivity contribution in [2.75, 3.05) is 13.1 Å². The molecule has 0 saturated heterocycles. The maximum Gasteiger partial charge on any atom is 0.243 e. The number of hydrogen-bond acceptors (Lipinski definition) is 6. The molecule has 2 atom stereocenters. The Hall–Kier alpha value is -3.31. The molecule has 1 unspecified atom stereocenters. The SMILES string of the molecule is CC(C)(NS(=O)(=O)c1ccccc1)C(=O)NC(Cc1ccc2ccccc2c1)C(=O)NC[C@H](O)CN. The first-order valence-electron chi connectivity index (χ1n) is 11.6. The fourth-order valence-corrected chi connectivity index (χ4v) is 5.01. The van der Waals surface area contributed by atoms with E-state index in [0.717, 1.165) is 16.3 Å². The van der Waals surface area contributed by atoms with Crippen LogP contribution in [0.5, 0.6) is 0 Å². The van der Waals surface area contributed by atoms with E-state index in [0.29, 0.717) is 0 Å². The third-order valence-corrected chi connectivity index (χ3v) is 7.34. The zero-order chi connectivity index (χ0) is 26.3.